The third-order valence-corrected chi connectivity index (χ3v) is 4.95. The molecule has 21 heavy (non-hydrogen) atoms. The van der Waals surface area contributed by atoms with E-state index in [0.29, 0.717) is 17.7 Å². The van der Waals surface area contributed by atoms with Crippen LogP contribution in [0.1, 0.15) is 42.9 Å². The number of fused-ring (bicyclic) bond motifs is 1. The van der Waals surface area contributed by atoms with Crippen molar-refractivity contribution in [2.75, 3.05) is 19.7 Å². The average Bonchev–Trinajstić information content (AvgIpc) is 2.96. The number of hydrogen-bond donors (Lipinski definition) is 1. The maximum Gasteiger partial charge on any atom is 0.126 e. The molecule has 1 aromatic carbocycles. The molecular formula is C17H25FN2O. The first-order valence-electron chi connectivity index (χ1n) is 8.02. The van der Waals surface area contributed by atoms with Crippen LogP contribution in [0.4, 0.5) is 4.39 Å². The predicted molar refractivity (Wildman–Crippen MR) is 81.6 cm³/mol. The van der Waals surface area contributed by atoms with Crippen molar-refractivity contribution in [1.29, 1.82) is 0 Å². The van der Waals surface area contributed by atoms with Crippen LogP contribution in [0.5, 0.6) is 0 Å². The second-order valence-electron chi connectivity index (χ2n) is 6.35. The fraction of sp³-hybridized carbons (Fsp3) is 0.647. The molecular weight excluding hydrogens is 267 g/mol. The maximum atomic E-state index is 13.6. The molecule has 0 spiro atoms. The molecule has 1 aliphatic heterocycles. The number of morpholine rings is 1. The van der Waals surface area contributed by atoms with E-state index in [-0.39, 0.29) is 11.9 Å². The van der Waals surface area contributed by atoms with E-state index in [1.165, 1.54) is 19.3 Å². The smallest absolute Gasteiger partial charge is 0.126 e. The molecule has 2 N–H and O–H groups in total. The van der Waals surface area contributed by atoms with Crippen LogP contribution in [0.3, 0.4) is 0 Å². The molecule has 1 aromatic rings. The monoisotopic (exact) mass is 292 g/mol. The minimum atomic E-state index is -0.162. The van der Waals surface area contributed by atoms with E-state index in [4.69, 9.17) is 10.5 Å². The van der Waals surface area contributed by atoms with Crippen molar-refractivity contribution in [2.45, 2.75) is 50.8 Å². The highest BCUT2D eigenvalue weighted by molar-refractivity contribution is 5.25. The SMILES string of the molecule is Cc1ccc(C(N)CCN2CCOC3CCCC32)cc1F. The van der Waals surface area contributed by atoms with Gasteiger partial charge in [-0.15, -0.1) is 0 Å². The van der Waals surface area contributed by atoms with Crippen molar-refractivity contribution < 1.29 is 9.13 Å². The summed E-state index contributed by atoms with van der Waals surface area (Å²) in [4.78, 5) is 2.52. The Kier molecular flexibility index (Phi) is 4.57. The van der Waals surface area contributed by atoms with Gasteiger partial charge in [0.15, 0.2) is 0 Å². The molecule has 0 bridgehead atoms. The third-order valence-electron chi connectivity index (χ3n) is 4.95. The molecule has 1 aliphatic carbocycles. The molecule has 4 heteroatoms. The molecule has 0 radical (unpaired) electrons. The van der Waals surface area contributed by atoms with Crippen molar-refractivity contribution in [3.63, 3.8) is 0 Å². The molecule has 3 rings (SSSR count). The molecule has 1 heterocycles. The molecule has 116 valence electrons. The first kappa shape index (κ1) is 14.9. The van der Waals surface area contributed by atoms with Gasteiger partial charge >= 0.3 is 0 Å². The lowest BCUT2D eigenvalue weighted by molar-refractivity contribution is -0.0561. The van der Waals surface area contributed by atoms with Gasteiger partial charge in [0.1, 0.15) is 5.82 Å². The molecule has 2 fully saturated rings. The number of nitrogens with two attached hydrogens (primary N) is 1. The van der Waals surface area contributed by atoms with Gasteiger partial charge in [0, 0.05) is 25.2 Å². The molecule has 2 aliphatic rings. The predicted octanol–water partition coefficient (Wildman–Crippen LogP) is 2.78. The summed E-state index contributed by atoms with van der Waals surface area (Å²) in [5, 5.41) is 0. The van der Waals surface area contributed by atoms with Crippen molar-refractivity contribution in [3.05, 3.63) is 35.1 Å². The third kappa shape index (κ3) is 3.28. The minimum absolute atomic E-state index is 0.0946. The number of hydrogen-bond acceptors (Lipinski definition) is 3. The van der Waals surface area contributed by atoms with Gasteiger partial charge in [-0.1, -0.05) is 12.1 Å². The van der Waals surface area contributed by atoms with E-state index in [2.05, 4.69) is 4.90 Å². The summed E-state index contributed by atoms with van der Waals surface area (Å²) < 4.78 is 19.5. The molecule has 1 saturated carbocycles. The van der Waals surface area contributed by atoms with E-state index in [1.54, 1.807) is 13.0 Å². The summed E-state index contributed by atoms with van der Waals surface area (Å²) in [6.07, 6.45) is 4.98. The van der Waals surface area contributed by atoms with Crippen molar-refractivity contribution in [2.24, 2.45) is 5.73 Å². The first-order chi connectivity index (χ1) is 10.1. The zero-order valence-electron chi connectivity index (χ0n) is 12.7. The highest BCUT2D eigenvalue weighted by Crippen LogP contribution is 2.30. The van der Waals surface area contributed by atoms with Crippen molar-refractivity contribution in [1.82, 2.24) is 4.90 Å². The van der Waals surface area contributed by atoms with Gasteiger partial charge in [-0.3, -0.25) is 4.90 Å². The van der Waals surface area contributed by atoms with Crippen LogP contribution in [-0.2, 0) is 4.74 Å². The minimum Gasteiger partial charge on any atom is -0.375 e. The van der Waals surface area contributed by atoms with Crippen LogP contribution in [-0.4, -0.2) is 36.7 Å². The van der Waals surface area contributed by atoms with E-state index in [0.717, 1.165) is 31.7 Å². The molecule has 3 unspecified atom stereocenters. The number of rotatable bonds is 4. The van der Waals surface area contributed by atoms with Gasteiger partial charge in [0.05, 0.1) is 12.7 Å². The van der Waals surface area contributed by atoms with Crippen molar-refractivity contribution in [3.8, 4) is 0 Å². The summed E-state index contributed by atoms with van der Waals surface area (Å²) in [6, 6.07) is 5.81. The Bertz CT molecular complexity index is 494. The molecule has 3 nitrogen and oxygen atoms in total. The summed E-state index contributed by atoms with van der Waals surface area (Å²) in [5.74, 6) is -0.162. The highest BCUT2D eigenvalue weighted by Gasteiger charge is 2.35. The Hall–Kier alpha value is -0.970. The summed E-state index contributed by atoms with van der Waals surface area (Å²) in [6.45, 7) is 4.57. The Morgan fingerprint density at radius 3 is 3.10 bits per heavy atom. The van der Waals surface area contributed by atoms with Gasteiger partial charge in [-0.2, -0.15) is 0 Å². The zero-order valence-corrected chi connectivity index (χ0v) is 12.7. The quantitative estimate of drug-likeness (QED) is 0.927. The normalized spacial score (nSPS) is 27.6. The van der Waals surface area contributed by atoms with Gasteiger partial charge < -0.3 is 10.5 Å². The first-order valence-corrected chi connectivity index (χ1v) is 8.02. The Morgan fingerprint density at radius 2 is 2.29 bits per heavy atom. The number of benzene rings is 1. The van der Waals surface area contributed by atoms with Crippen LogP contribution in [0.25, 0.3) is 0 Å². The summed E-state index contributed by atoms with van der Waals surface area (Å²) in [7, 11) is 0. The van der Waals surface area contributed by atoms with E-state index in [1.807, 2.05) is 12.1 Å². The van der Waals surface area contributed by atoms with E-state index < -0.39 is 0 Å². The van der Waals surface area contributed by atoms with Crippen LogP contribution >= 0.6 is 0 Å². The number of aryl methyl sites for hydroxylation is 1. The van der Waals surface area contributed by atoms with Gasteiger partial charge in [0.2, 0.25) is 0 Å². The maximum absolute atomic E-state index is 13.6. The standard InChI is InChI=1S/C17H25FN2O/c1-12-5-6-13(11-14(12)18)15(19)7-8-20-9-10-21-17-4-2-3-16(17)20/h5-6,11,15-17H,2-4,7-10,19H2,1H3. The largest absolute Gasteiger partial charge is 0.375 e. The lowest BCUT2D eigenvalue weighted by Crippen LogP contribution is -2.49. The van der Waals surface area contributed by atoms with Crippen LogP contribution < -0.4 is 5.73 Å². The van der Waals surface area contributed by atoms with E-state index in [9.17, 15) is 4.39 Å². The van der Waals surface area contributed by atoms with E-state index >= 15 is 0 Å². The van der Waals surface area contributed by atoms with Crippen LogP contribution in [0.15, 0.2) is 18.2 Å². The second kappa shape index (κ2) is 6.42. The number of halogens is 1. The topological polar surface area (TPSA) is 38.5 Å². The molecule has 0 amide bonds. The lowest BCUT2D eigenvalue weighted by Gasteiger charge is -2.38. The van der Waals surface area contributed by atoms with Crippen LogP contribution in [0, 0.1) is 12.7 Å². The summed E-state index contributed by atoms with van der Waals surface area (Å²) in [5.41, 5.74) is 7.82. The van der Waals surface area contributed by atoms with Crippen LogP contribution in [0.2, 0.25) is 0 Å². The van der Waals surface area contributed by atoms with Gasteiger partial charge in [-0.25, -0.2) is 4.39 Å². The average molecular weight is 292 g/mol. The Morgan fingerprint density at radius 1 is 1.43 bits per heavy atom. The van der Waals surface area contributed by atoms with Gasteiger partial charge in [-0.05, 0) is 49.8 Å². The van der Waals surface area contributed by atoms with Gasteiger partial charge in [0.25, 0.3) is 0 Å². The Labute approximate surface area is 126 Å². The summed E-state index contributed by atoms with van der Waals surface area (Å²) >= 11 is 0. The molecule has 0 aromatic heterocycles. The lowest BCUT2D eigenvalue weighted by atomic mass is 10.0. The number of nitrogens with zero attached hydrogens (tertiary/aromatic N) is 1. The molecule has 3 atom stereocenters. The molecule has 1 saturated heterocycles. The fourth-order valence-electron chi connectivity index (χ4n) is 3.59. The second-order valence-corrected chi connectivity index (χ2v) is 6.35. The Balaban J connectivity index is 1.57. The zero-order chi connectivity index (χ0) is 14.8. The number of ether oxygens (including phenoxy) is 1. The van der Waals surface area contributed by atoms with Crippen molar-refractivity contribution >= 4 is 0 Å². The highest BCUT2D eigenvalue weighted by atomic mass is 19.1. The fourth-order valence-corrected chi connectivity index (χ4v) is 3.59.